The third-order valence-electron chi connectivity index (χ3n) is 6.31. The molecule has 0 atom stereocenters. The lowest BCUT2D eigenvalue weighted by Crippen LogP contribution is -2.56. The van der Waals surface area contributed by atoms with Crippen molar-refractivity contribution in [3.05, 3.63) is 65.7 Å². The van der Waals surface area contributed by atoms with Crippen molar-refractivity contribution in [3.8, 4) is 33.9 Å². The number of nitrogens with one attached hydrogen (secondary N) is 2. The van der Waals surface area contributed by atoms with E-state index in [4.69, 9.17) is 10.7 Å². The first-order chi connectivity index (χ1) is 16.7. The van der Waals surface area contributed by atoms with Gasteiger partial charge < -0.3 is 15.6 Å². The van der Waals surface area contributed by atoms with Gasteiger partial charge in [0, 0.05) is 58.1 Å². The van der Waals surface area contributed by atoms with Crippen molar-refractivity contribution in [1.82, 2.24) is 30.1 Å². The van der Waals surface area contributed by atoms with Crippen LogP contribution in [-0.4, -0.2) is 49.3 Å². The molecule has 5 aromatic heterocycles. The van der Waals surface area contributed by atoms with Crippen LogP contribution in [0.1, 0.15) is 0 Å². The van der Waals surface area contributed by atoms with E-state index in [1.54, 1.807) is 23.7 Å². The first-order valence-corrected chi connectivity index (χ1v) is 12.0. The molecule has 0 radical (unpaired) electrons. The predicted molar refractivity (Wildman–Crippen MR) is 136 cm³/mol. The lowest BCUT2D eigenvalue weighted by molar-refractivity contribution is 0.514. The smallest absolute Gasteiger partial charge is 0.147 e. The molecule has 1 aromatic carbocycles. The summed E-state index contributed by atoms with van der Waals surface area (Å²) in [6, 6.07) is 12.6. The zero-order valence-corrected chi connectivity index (χ0v) is 18.9. The number of benzene rings is 1. The molecule has 6 heterocycles. The highest BCUT2D eigenvalue weighted by molar-refractivity contribution is 7.08. The van der Waals surface area contributed by atoms with Crippen LogP contribution in [0.4, 0.5) is 5.82 Å². The van der Waals surface area contributed by atoms with Gasteiger partial charge in [0.15, 0.2) is 0 Å². The van der Waals surface area contributed by atoms with Crippen molar-refractivity contribution in [2.45, 2.75) is 6.04 Å². The Bertz CT molecular complexity index is 1640. The minimum atomic E-state index is 0.210. The molecule has 9 heteroatoms. The van der Waals surface area contributed by atoms with Crippen LogP contribution in [0, 0.1) is 0 Å². The fraction of sp³-hybridized carbons (Fsp3) is 0.120. The van der Waals surface area contributed by atoms with Crippen LogP contribution in [0.25, 0.3) is 55.7 Å². The number of aromatic amines is 2. The van der Waals surface area contributed by atoms with Gasteiger partial charge in [0.25, 0.3) is 0 Å². The third-order valence-corrected chi connectivity index (χ3v) is 7.00. The number of fused-ring (bicyclic) bond motifs is 2. The summed E-state index contributed by atoms with van der Waals surface area (Å²) in [6.07, 6.45) is 5.43. The van der Waals surface area contributed by atoms with Crippen LogP contribution in [0.3, 0.4) is 0 Å². The Kier molecular flexibility index (Phi) is 4.26. The van der Waals surface area contributed by atoms with Gasteiger partial charge in [0.1, 0.15) is 11.5 Å². The summed E-state index contributed by atoms with van der Waals surface area (Å²) >= 11 is 1.67. The second-order valence-corrected chi connectivity index (χ2v) is 9.36. The maximum Gasteiger partial charge on any atom is 0.147 e. The molecule has 34 heavy (non-hydrogen) atoms. The molecule has 7 rings (SSSR count). The Morgan fingerprint density at radius 1 is 0.971 bits per heavy atom. The summed E-state index contributed by atoms with van der Waals surface area (Å²) in [5.74, 6) is 0.857. The molecule has 4 N–H and O–H groups in total. The molecular weight excluding hydrogens is 444 g/mol. The van der Waals surface area contributed by atoms with Crippen LogP contribution in [0.2, 0.25) is 0 Å². The molecule has 1 aliphatic heterocycles. The van der Waals surface area contributed by atoms with E-state index in [2.05, 4.69) is 59.0 Å². The van der Waals surface area contributed by atoms with Gasteiger partial charge in [0.05, 0.1) is 35.0 Å². The highest BCUT2D eigenvalue weighted by Crippen LogP contribution is 2.34. The number of aromatic nitrogens is 6. The normalized spacial score (nSPS) is 14.2. The van der Waals surface area contributed by atoms with Gasteiger partial charge in [-0.1, -0.05) is 6.07 Å². The molecule has 0 spiro atoms. The maximum atomic E-state index is 5.94. The van der Waals surface area contributed by atoms with Gasteiger partial charge in [-0.05, 0) is 35.7 Å². The number of nitrogens with zero attached hydrogens (tertiary/aromatic N) is 5. The van der Waals surface area contributed by atoms with Crippen LogP contribution in [0.15, 0.2) is 65.7 Å². The molecule has 0 aliphatic carbocycles. The molecule has 0 unspecified atom stereocenters. The summed E-state index contributed by atoms with van der Waals surface area (Å²) in [7, 11) is 0. The van der Waals surface area contributed by atoms with Gasteiger partial charge in [0.2, 0.25) is 0 Å². The summed E-state index contributed by atoms with van der Waals surface area (Å²) in [6.45, 7) is 1.62. The van der Waals surface area contributed by atoms with E-state index >= 15 is 0 Å². The largest absolute Gasteiger partial charge is 0.353 e. The number of thiophene rings is 1. The van der Waals surface area contributed by atoms with E-state index in [1.165, 1.54) is 0 Å². The number of nitrogens with two attached hydrogens (primary N) is 1. The van der Waals surface area contributed by atoms with Gasteiger partial charge in [-0.3, -0.25) is 15.1 Å². The summed E-state index contributed by atoms with van der Waals surface area (Å²) in [4.78, 5) is 19.6. The standard InChI is InChI=1S/C25H20N8S/c26-16-11-33(12-16)23-10-27-9-22(30-23)14-1-2-20-17(7-14)25(32-31-20)21-8-18-19(29-21)3-5-28-24(18)15-4-6-34-13-15/h1-10,13,16,29H,11-12,26H2,(H,31,32). The average molecular weight is 465 g/mol. The zero-order chi connectivity index (χ0) is 22.6. The molecule has 166 valence electrons. The number of hydrogen-bond donors (Lipinski definition) is 3. The number of anilines is 1. The van der Waals surface area contributed by atoms with Crippen LogP contribution in [-0.2, 0) is 0 Å². The quantitative estimate of drug-likeness (QED) is 0.356. The monoisotopic (exact) mass is 464 g/mol. The molecular formula is C25H20N8S. The Balaban J connectivity index is 1.31. The molecule has 0 amide bonds. The third kappa shape index (κ3) is 3.09. The molecule has 8 nitrogen and oxygen atoms in total. The number of pyridine rings is 1. The van der Waals surface area contributed by atoms with E-state index in [9.17, 15) is 0 Å². The van der Waals surface area contributed by atoms with Crippen molar-refractivity contribution in [2.24, 2.45) is 5.73 Å². The first-order valence-electron chi connectivity index (χ1n) is 11.0. The van der Waals surface area contributed by atoms with Crippen molar-refractivity contribution in [1.29, 1.82) is 0 Å². The minimum Gasteiger partial charge on any atom is -0.353 e. The number of hydrogen-bond acceptors (Lipinski definition) is 7. The van der Waals surface area contributed by atoms with Crippen LogP contribution < -0.4 is 10.6 Å². The Morgan fingerprint density at radius 2 is 1.88 bits per heavy atom. The molecule has 1 aliphatic rings. The van der Waals surface area contributed by atoms with Crippen molar-refractivity contribution >= 4 is 39.0 Å². The number of H-pyrrole nitrogens is 2. The first kappa shape index (κ1) is 19.4. The van der Waals surface area contributed by atoms with E-state index in [1.807, 2.05) is 24.4 Å². The second-order valence-electron chi connectivity index (χ2n) is 8.58. The predicted octanol–water partition coefficient (Wildman–Crippen LogP) is 4.44. The van der Waals surface area contributed by atoms with Gasteiger partial charge >= 0.3 is 0 Å². The molecule has 0 saturated carbocycles. The van der Waals surface area contributed by atoms with E-state index in [0.29, 0.717) is 0 Å². The zero-order valence-electron chi connectivity index (χ0n) is 18.1. The molecule has 6 aromatic rings. The molecule has 1 fully saturated rings. The fourth-order valence-corrected chi connectivity index (χ4v) is 5.18. The fourth-order valence-electron chi connectivity index (χ4n) is 4.54. The summed E-state index contributed by atoms with van der Waals surface area (Å²) in [5, 5.41) is 14.1. The lowest BCUT2D eigenvalue weighted by Gasteiger charge is -2.37. The van der Waals surface area contributed by atoms with E-state index in [0.717, 1.165) is 74.6 Å². The Morgan fingerprint density at radius 3 is 2.74 bits per heavy atom. The molecule has 0 bridgehead atoms. The summed E-state index contributed by atoms with van der Waals surface area (Å²) in [5.41, 5.74) is 13.6. The maximum absolute atomic E-state index is 5.94. The number of rotatable bonds is 4. The van der Waals surface area contributed by atoms with Crippen molar-refractivity contribution in [3.63, 3.8) is 0 Å². The minimum absolute atomic E-state index is 0.210. The lowest BCUT2D eigenvalue weighted by atomic mass is 10.1. The Hall–Kier alpha value is -4.08. The van der Waals surface area contributed by atoms with Crippen LogP contribution >= 0.6 is 11.3 Å². The highest BCUT2D eigenvalue weighted by Gasteiger charge is 2.24. The van der Waals surface area contributed by atoms with Crippen molar-refractivity contribution < 1.29 is 0 Å². The van der Waals surface area contributed by atoms with Crippen molar-refractivity contribution in [2.75, 3.05) is 18.0 Å². The van der Waals surface area contributed by atoms with Crippen LogP contribution in [0.5, 0.6) is 0 Å². The summed E-state index contributed by atoms with van der Waals surface area (Å²) < 4.78 is 0. The average Bonchev–Trinajstić information content (AvgIpc) is 3.60. The van der Waals surface area contributed by atoms with E-state index in [-0.39, 0.29) is 6.04 Å². The topological polar surface area (TPSA) is 112 Å². The van der Waals surface area contributed by atoms with Gasteiger partial charge in [-0.15, -0.1) is 0 Å². The SMILES string of the molecule is NC1CN(c2cncc(-c3ccc4[nH]nc(-c5cc6c(-c7ccsc7)nccc6[nH]5)c4c3)n2)C1. The second kappa shape index (κ2) is 7.47. The van der Waals surface area contributed by atoms with Gasteiger partial charge in [-0.25, -0.2) is 4.98 Å². The Labute approximate surface area is 198 Å². The van der Waals surface area contributed by atoms with E-state index < -0.39 is 0 Å². The highest BCUT2D eigenvalue weighted by atomic mass is 32.1. The van der Waals surface area contributed by atoms with Gasteiger partial charge in [-0.2, -0.15) is 16.4 Å². The molecule has 1 saturated heterocycles.